The van der Waals surface area contributed by atoms with Crippen LogP contribution in [0.15, 0.2) is 53.0 Å². The van der Waals surface area contributed by atoms with Gasteiger partial charge in [0.05, 0.1) is 16.8 Å². The van der Waals surface area contributed by atoms with Crippen molar-refractivity contribution in [1.82, 2.24) is 4.98 Å². The van der Waals surface area contributed by atoms with Gasteiger partial charge in [-0.3, -0.25) is 4.98 Å². The van der Waals surface area contributed by atoms with E-state index < -0.39 is 0 Å². The molecule has 1 N–H and O–H groups in total. The number of halogens is 1. The van der Waals surface area contributed by atoms with Crippen molar-refractivity contribution in [2.45, 2.75) is 6.92 Å². The van der Waals surface area contributed by atoms with Crippen LogP contribution in [0.3, 0.4) is 0 Å². The van der Waals surface area contributed by atoms with Crippen LogP contribution in [0, 0.1) is 18.3 Å². The summed E-state index contributed by atoms with van der Waals surface area (Å²) in [5.41, 5.74) is 4.22. The number of nitriles is 1. The first kappa shape index (κ1) is 13.6. The monoisotopic (exact) mass is 337 g/mol. The summed E-state index contributed by atoms with van der Waals surface area (Å²) in [6.45, 7) is 1.96. The highest BCUT2D eigenvalue weighted by atomic mass is 79.9. The van der Waals surface area contributed by atoms with Crippen LogP contribution in [0.5, 0.6) is 0 Å². The fourth-order valence-electron chi connectivity index (χ4n) is 2.27. The molecule has 3 aromatic rings. The zero-order valence-electron chi connectivity index (χ0n) is 11.4. The van der Waals surface area contributed by atoms with Gasteiger partial charge in [0.25, 0.3) is 0 Å². The molecule has 3 nitrogen and oxygen atoms in total. The minimum atomic E-state index is 0.600. The number of fused-ring (bicyclic) bond motifs is 1. The Hall–Kier alpha value is -2.38. The second-order valence-corrected chi connectivity index (χ2v) is 5.67. The Kier molecular flexibility index (Phi) is 3.59. The molecule has 0 amide bonds. The lowest BCUT2D eigenvalue weighted by Gasteiger charge is -2.12. The van der Waals surface area contributed by atoms with E-state index in [4.69, 9.17) is 0 Å². The number of nitrogens with one attached hydrogen (secondary N) is 1. The van der Waals surface area contributed by atoms with Gasteiger partial charge in [0.1, 0.15) is 6.07 Å². The van der Waals surface area contributed by atoms with Gasteiger partial charge >= 0.3 is 0 Å². The summed E-state index contributed by atoms with van der Waals surface area (Å²) >= 11 is 3.39. The fraction of sp³-hybridized carbons (Fsp3) is 0.0588. The van der Waals surface area contributed by atoms with Crippen molar-refractivity contribution < 1.29 is 0 Å². The number of aromatic nitrogens is 1. The molecule has 0 unspecified atom stereocenters. The summed E-state index contributed by atoms with van der Waals surface area (Å²) in [5.74, 6) is 0. The summed E-state index contributed by atoms with van der Waals surface area (Å²) < 4.78 is 0.889. The Labute approximate surface area is 131 Å². The molecule has 0 aliphatic heterocycles. The average Bonchev–Trinajstić information content (AvgIpc) is 2.48. The van der Waals surface area contributed by atoms with Crippen LogP contribution in [-0.4, -0.2) is 4.98 Å². The van der Waals surface area contributed by atoms with Crippen LogP contribution in [-0.2, 0) is 0 Å². The van der Waals surface area contributed by atoms with Crippen molar-refractivity contribution >= 4 is 38.2 Å². The number of hydrogen-bond acceptors (Lipinski definition) is 3. The highest BCUT2D eigenvalue weighted by Crippen LogP contribution is 2.29. The van der Waals surface area contributed by atoms with E-state index in [1.54, 1.807) is 6.07 Å². The quantitative estimate of drug-likeness (QED) is 0.721. The molecule has 2 aromatic carbocycles. The molecule has 0 saturated heterocycles. The van der Waals surface area contributed by atoms with Gasteiger partial charge in [-0.05, 0) is 37.3 Å². The smallest absolute Gasteiger partial charge is 0.101 e. The molecule has 3 rings (SSSR count). The van der Waals surface area contributed by atoms with Crippen LogP contribution < -0.4 is 5.32 Å². The Morgan fingerprint density at radius 1 is 1.10 bits per heavy atom. The molecule has 0 atom stereocenters. The van der Waals surface area contributed by atoms with E-state index in [9.17, 15) is 5.26 Å². The number of aryl methyl sites for hydroxylation is 1. The predicted molar refractivity (Wildman–Crippen MR) is 88.6 cm³/mol. The summed E-state index contributed by atoms with van der Waals surface area (Å²) in [6, 6.07) is 17.8. The zero-order chi connectivity index (χ0) is 14.8. The van der Waals surface area contributed by atoms with Gasteiger partial charge in [-0.15, -0.1) is 0 Å². The summed E-state index contributed by atoms with van der Waals surface area (Å²) in [4.78, 5) is 4.52. The molecule has 0 fully saturated rings. The Morgan fingerprint density at radius 3 is 2.71 bits per heavy atom. The van der Waals surface area contributed by atoms with Crippen LogP contribution in [0.1, 0.15) is 11.3 Å². The number of anilines is 2. The van der Waals surface area contributed by atoms with Crippen LogP contribution in [0.2, 0.25) is 0 Å². The highest BCUT2D eigenvalue weighted by molar-refractivity contribution is 9.10. The van der Waals surface area contributed by atoms with Gasteiger partial charge in [0.15, 0.2) is 0 Å². The number of para-hydroxylation sites is 1. The Balaban J connectivity index is 2.13. The van der Waals surface area contributed by atoms with Gasteiger partial charge < -0.3 is 5.32 Å². The lowest BCUT2D eigenvalue weighted by atomic mass is 10.1. The number of hydrogen-bond donors (Lipinski definition) is 1. The molecule has 0 radical (unpaired) electrons. The Bertz CT molecular complexity index is 866. The van der Waals surface area contributed by atoms with Gasteiger partial charge in [0.2, 0.25) is 0 Å². The number of rotatable bonds is 2. The minimum Gasteiger partial charge on any atom is -0.354 e. The van der Waals surface area contributed by atoms with E-state index in [1.165, 1.54) is 0 Å². The average molecular weight is 338 g/mol. The second-order valence-electron chi connectivity index (χ2n) is 4.76. The topological polar surface area (TPSA) is 48.7 Å². The second kappa shape index (κ2) is 5.55. The van der Waals surface area contributed by atoms with Gasteiger partial charge in [-0.2, -0.15) is 5.26 Å². The summed E-state index contributed by atoms with van der Waals surface area (Å²) in [6.07, 6.45) is 0. The molecule has 21 heavy (non-hydrogen) atoms. The molecular formula is C17H12BrN3. The van der Waals surface area contributed by atoms with E-state index in [-0.39, 0.29) is 0 Å². The lowest BCUT2D eigenvalue weighted by Crippen LogP contribution is -1.96. The third-order valence-corrected chi connectivity index (χ3v) is 3.71. The first-order valence-electron chi connectivity index (χ1n) is 6.50. The highest BCUT2D eigenvalue weighted by Gasteiger charge is 2.07. The molecule has 102 valence electrons. The first-order valence-corrected chi connectivity index (χ1v) is 7.30. The van der Waals surface area contributed by atoms with E-state index in [2.05, 4.69) is 32.3 Å². The zero-order valence-corrected chi connectivity index (χ0v) is 13.0. The fourth-order valence-corrected chi connectivity index (χ4v) is 2.64. The molecule has 0 aliphatic carbocycles. The van der Waals surface area contributed by atoms with Crippen molar-refractivity contribution in [3.8, 4) is 6.07 Å². The molecule has 0 saturated carbocycles. The molecule has 4 heteroatoms. The van der Waals surface area contributed by atoms with Crippen LogP contribution in [0.25, 0.3) is 10.9 Å². The van der Waals surface area contributed by atoms with Gasteiger partial charge in [-0.1, -0.05) is 34.1 Å². The summed E-state index contributed by atoms with van der Waals surface area (Å²) in [7, 11) is 0. The van der Waals surface area contributed by atoms with E-state index in [0.29, 0.717) is 5.56 Å². The molecule has 0 aliphatic rings. The Morgan fingerprint density at radius 2 is 1.90 bits per heavy atom. The third kappa shape index (κ3) is 2.74. The predicted octanol–water partition coefficient (Wildman–Crippen LogP) is 4.92. The van der Waals surface area contributed by atoms with Crippen LogP contribution >= 0.6 is 15.9 Å². The van der Waals surface area contributed by atoms with Crippen molar-refractivity contribution in [2.75, 3.05) is 5.32 Å². The van der Waals surface area contributed by atoms with Crippen molar-refractivity contribution in [1.29, 1.82) is 5.26 Å². The maximum Gasteiger partial charge on any atom is 0.101 e. The van der Waals surface area contributed by atoms with Gasteiger partial charge in [0, 0.05) is 21.2 Å². The van der Waals surface area contributed by atoms with E-state index in [1.807, 2.05) is 49.4 Å². The van der Waals surface area contributed by atoms with E-state index >= 15 is 0 Å². The number of pyridine rings is 1. The number of benzene rings is 2. The lowest BCUT2D eigenvalue weighted by molar-refractivity contribution is 1.25. The van der Waals surface area contributed by atoms with Crippen molar-refractivity contribution in [3.63, 3.8) is 0 Å². The van der Waals surface area contributed by atoms with Gasteiger partial charge in [-0.25, -0.2) is 0 Å². The molecule has 0 spiro atoms. The molecular weight excluding hydrogens is 326 g/mol. The molecule has 0 bridgehead atoms. The SMILES string of the molecule is Cc1cc(Nc2ccc(Br)cc2C#N)c2ccccc2n1. The normalized spacial score (nSPS) is 10.3. The largest absolute Gasteiger partial charge is 0.354 e. The molecule has 1 aromatic heterocycles. The van der Waals surface area contributed by atoms with Crippen LogP contribution in [0.4, 0.5) is 11.4 Å². The third-order valence-electron chi connectivity index (χ3n) is 3.22. The molecule has 1 heterocycles. The maximum atomic E-state index is 9.27. The first-order chi connectivity index (χ1) is 10.2. The number of nitrogens with zero attached hydrogens (tertiary/aromatic N) is 2. The van der Waals surface area contributed by atoms with E-state index in [0.717, 1.165) is 32.4 Å². The van der Waals surface area contributed by atoms with Crippen molar-refractivity contribution in [2.24, 2.45) is 0 Å². The van der Waals surface area contributed by atoms with Crippen molar-refractivity contribution in [3.05, 3.63) is 64.3 Å². The minimum absolute atomic E-state index is 0.600. The maximum absolute atomic E-state index is 9.27. The summed E-state index contributed by atoms with van der Waals surface area (Å²) in [5, 5.41) is 13.7. The standard InChI is InChI=1S/C17H12BrN3/c1-11-8-17(14-4-2-3-5-16(14)20-11)21-15-7-6-13(18)9-12(15)10-19/h2-9H,1H3,(H,20,21).